The molecule has 0 spiro atoms. The van der Waals surface area contributed by atoms with Crippen LogP contribution in [0.2, 0.25) is 0 Å². The number of nitrogens with one attached hydrogen (secondary N) is 1. The first-order chi connectivity index (χ1) is 8.10. The zero-order valence-corrected chi connectivity index (χ0v) is 10.7. The highest BCUT2D eigenvalue weighted by Gasteiger charge is 2.15. The van der Waals surface area contributed by atoms with Gasteiger partial charge in [-0.2, -0.15) is 5.26 Å². The number of hydrogen-bond donors (Lipinski definition) is 2. The summed E-state index contributed by atoms with van der Waals surface area (Å²) < 4.78 is 0. The van der Waals surface area contributed by atoms with Crippen molar-refractivity contribution in [2.75, 3.05) is 11.9 Å². The summed E-state index contributed by atoms with van der Waals surface area (Å²) in [7, 11) is 0. The number of para-hydroxylation sites is 1. The average molecular weight is 232 g/mol. The van der Waals surface area contributed by atoms with Gasteiger partial charge in [0, 0.05) is 12.6 Å². The van der Waals surface area contributed by atoms with Crippen LogP contribution in [0.1, 0.15) is 31.4 Å². The molecule has 0 aliphatic carbocycles. The molecule has 0 heterocycles. The van der Waals surface area contributed by atoms with Gasteiger partial charge in [0.15, 0.2) is 0 Å². The first-order valence-electron chi connectivity index (χ1n) is 5.97. The van der Waals surface area contributed by atoms with E-state index in [1.807, 2.05) is 25.1 Å². The van der Waals surface area contributed by atoms with Crippen molar-refractivity contribution in [3.63, 3.8) is 0 Å². The van der Waals surface area contributed by atoms with Gasteiger partial charge in [0.1, 0.15) is 6.07 Å². The molecule has 0 aromatic heterocycles. The Hall–Kier alpha value is -1.53. The van der Waals surface area contributed by atoms with Gasteiger partial charge in [-0.25, -0.2) is 0 Å². The second kappa shape index (κ2) is 6.27. The fourth-order valence-corrected chi connectivity index (χ4v) is 1.85. The van der Waals surface area contributed by atoms with Gasteiger partial charge >= 0.3 is 0 Å². The summed E-state index contributed by atoms with van der Waals surface area (Å²) in [5.74, 6) is 0.410. The standard InChI is InChI=1S/C14H20N2O/c1-10(2)13(7-8-17)16-14-11(3)5-4-6-12(14)9-15/h4-6,10,13,16-17H,7-8H2,1-3H3. The molecule has 0 amide bonds. The highest BCUT2D eigenvalue weighted by atomic mass is 16.3. The lowest BCUT2D eigenvalue weighted by atomic mass is 9.99. The van der Waals surface area contributed by atoms with Crippen LogP contribution in [-0.2, 0) is 0 Å². The maximum absolute atomic E-state index is 9.08. The number of nitriles is 1. The van der Waals surface area contributed by atoms with Crippen LogP contribution in [0.4, 0.5) is 5.69 Å². The lowest BCUT2D eigenvalue weighted by Gasteiger charge is -2.24. The van der Waals surface area contributed by atoms with Crippen LogP contribution < -0.4 is 5.32 Å². The first kappa shape index (κ1) is 13.5. The lowest BCUT2D eigenvalue weighted by Crippen LogP contribution is -2.27. The second-order valence-electron chi connectivity index (χ2n) is 4.62. The van der Waals surface area contributed by atoms with Gasteiger partial charge < -0.3 is 10.4 Å². The van der Waals surface area contributed by atoms with E-state index in [1.54, 1.807) is 0 Å². The Morgan fingerprint density at radius 1 is 1.41 bits per heavy atom. The van der Waals surface area contributed by atoms with Crippen LogP contribution in [0, 0.1) is 24.2 Å². The zero-order valence-electron chi connectivity index (χ0n) is 10.7. The fraction of sp³-hybridized carbons (Fsp3) is 0.500. The number of nitrogens with zero attached hydrogens (tertiary/aromatic N) is 1. The van der Waals surface area contributed by atoms with Crippen LogP contribution in [0.15, 0.2) is 18.2 Å². The summed E-state index contributed by atoms with van der Waals surface area (Å²) >= 11 is 0. The minimum Gasteiger partial charge on any atom is -0.396 e. The van der Waals surface area contributed by atoms with E-state index in [-0.39, 0.29) is 12.6 Å². The Morgan fingerprint density at radius 3 is 2.65 bits per heavy atom. The summed E-state index contributed by atoms with van der Waals surface area (Å²) in [6, 6.07) is 8.07. The quantitative estimate of drug-likeness (QED) is 0.820. The molecule has 1 aromatic carbocycles. The summed E-state index contributed by atoms with van der Waals surface area (Å²) in [6.07, 6.45) is 0.691. The van der Waals surface area contributed by atoms with E-state index < -0.39 is 0 Å². The molecule has 0 saturated heterocycles. The molecule has 1 atom stereocenters. The maximum Gasteiger partial charge on any atom is 0.101 e. The normalized spacial score (nSPS) is 12.2. The molecule has 1 unspecified atom stereocenters. The molecule has 17 heavy (non-hydrogen) atoms. The minimum absolute atomic E-state index is 0.156. The van der Waals surface area contributed by atoms with Crippen molar-refractivity contribution in [1.29, 1.82) is 5.26 Å². The third-order valence-electron chi connectivity index (χ3n) is 2.97. The van der Waals surface area contributed by atoms with Gasteiger partial charge in [-0.3, -0.25) is 0 Å². The Labute approximate surface area is 103 Å². The molecule has 92 valence electrons. The van der Waals surface area contributed by atoms with E-state index in [2.05, 4.69) is 25.2 Å². The number of benzene rings is 1. The highest BCUT2D eigenvalue weighted by molar-refractivity contribution is 5.62. The molecule has 0 aliphatic heterocycles. The van der Waals surface area contributed by atoms with E-state index in [4.69, 9.17) is 10.4 Å². The first-order valence-corrected chi connectivity index (χ1v) is 5.97. The summed E-state index contributed by atoms with van der Waals surface area (Å²) in [5, 5.41) is 21.5. The molecule has 1 rings (SSSR count). The Kier molecular flexibility index (Phi) is 4.99. The predicted octanol–water partition coefficient (Wildman–Crippen LogP) is 2.69. The van der Waals surface area contributed by atoms with E-state index >= 15 is 0 Å². The van der Waals surface area contributed by atoms with Crippen LogP contribution >= 0.6 is 0 Å². The molecule has 0 fully saturated rings. The number of aliphatic hydroxyl groups is 1. The van der Waals surface area contributed by atoms with Crippen LogP contribution in [0.25, 0.3) is 0 Å². The molecule has 1 aromatic rings. The average Bonchev–Trinajstić information content (AvgIpc) is 2.30. The molecule has 3 heteroatoms. The largest absolute Gasteiger partial charge is 0.396 e. The molecule has 0 radical (unpaired) electrons. The Morgan fingerprint density at radius 2 is 2.12 bits per heavy atom. The van der Waals surface area contributed by atoms with Crippen LogP contribution in [0.3, 0.4) is 0 Å². The number of rotatable bonds is 5. The molecule has 2 N–H and O–H groups in total. The molecule has 3 nitrogen and oxygen atoms in total. The second-order valence-corrected chi connectivity index (χ2v) is 4.62. The van der Waals surface area contributed by atoms with Crippen molar-refractivity contribution in [1.82, 2.24) is 0 Å². The van der Waals surface area contributed by atoms with Gasteiger partial charge in [0.2, 0.25) is 0 Å². The summed E-state index contributed by atoms with van der Waals surface area (Å²) in [6.45, 7) is 6.36. The van der Waals surface area contributed by atoms with Crippen molar-refractivity contribution >= 4 is 5.69 Å². The van der Waals surface area contributed by atoms with Crippen molar-refractivity contribution in [3.8, 4) is 6.07 Å². The van der Waals surface area contributed by atoms with Crippen molar-refractivity contribution in [2.45, 2.75) is 33.2 Å². The summed E-state index contributed by atoms with van der Waals surface area (Å²) in [5.41, 5.74) is 2.61. The molecule has 0 aliphatic rings. The van der Waals surface area contributed by atoms with Gasteiger partial charge in [0.25, 0.3) is 0 Å². The lowest BCUT2D eigenvalue weighted by molar-refractivity contribution is 0.267. The van der Waals surface area contributed by atoms with Gasteiger partial charge in [0.05, 0.1) is 11.3 Å². The van der Waals surface area contributed by atoms with E-state index in [0.29, 0.717) is 17.9 Å². The maximum atomic E-state index is 9.08. The zero-order chi connectivity index (χ0) is 12.8. The van der Waals surface area contributed by atoms with Crippen LogP contribution in [0.5, 0.6) is 0 Å². The number of anilines is 1. The van der Waals surface area contributed by atoms with E-state index in [0.717, 1.165) is 11.3 Å². The monoisotopic (exact) mass is 232 g/mol. The topological polar surface area (TPSA) is 56.0 Å². The third-order valence-corrected chi connectivity index (χ3v) is 2.97. The fourth-order valence-electron chi connectivity index (χ4n) is 1.85. The predicted molar refractivity (Wildman–Crippen MR) is 69.8 cm³/mol. The molecule has 0 saturated carbocycles. The van der Waals surface area contributed by atoms with Crippen molar-refractivity contribution in [2.24, 2.45) is 5.92 Å². The van der Waals surface area contributed by atoms with Gasteiger partial charge in [-0.05, 0) is 30.9 Å². The molecule has 0 bridgehead atoms. The molecular formula is C14H20N2O. The molecular weight excluding hydrogens is 212 g/mol. The van der Waals surface area contributed by atoms with Crippen molar-refractivity contribution in [3.05, 3.63) is 29.3 Å². The van der Waals surface area contributed by atoms with Crippen molar-refractivity contribution < 1.29 is 5.11 Å². The number of aliphatic hydroxyl groups excluding tert-OH is 1. The van der Waals surface area contributed by atoms with Gasteiger partial charge in [-0.1, -0.05) is 26.0 Å². The SMILES string of the molecule is Cc1cccc(C#N)c1NC(CCO)C(C)C. The Balaban J connectivity index is 2.96. The Bertz CT molecular complexity index is 407. The van der Waals surface area contributed by atoms with E-state index in [1.165, 1.54) is 0 Å². The van der Waals surface area contributed by atoms with E-state index in [9.17, 15) is 0 Å². The third kappa shape index (κ3) is 3.47. The number of hydrogen-bond acceptors (Lipinski definition) is 3. The van der Waals surface area contributed by atoms with Crippen LogP contribution in [-0.4, -0.2) is 17.8 Å². The minimum atomic E-state index is 0.156. The van der Waals surface area contributed by atoms with Gasteiger partial charge in [-0.15, -0.1) is 0 Å². The summed E-state index contributed by atoms with van der Waals surface area (Å²) in [4.78, 5) is 0. The highest BCUT2D eigenvalue weighted by Crippen LogP contribution is 2.23. The smallest absolute Gasteiger partial charge is 0.101 e. The number of aryl methyl sites for hydroxylation is 1.